The van der Waals surface area contributed by atoms with Crippen LogP contribution < -0.4 is 15.4 Å². The minimum absolute atomic E-state index is 0.0732. The predicted octanol–water partition coefficient (Wildman–Crippen LogP) is 4.13. The quantitative estimate of drug-likeness (QED) is 0.743. The van der Waals surface area contributed by atoms with E-state index in [2.05, 4.69) is 10.6 Å². The lowest BCUT2D eigenvalue weighted by molar-refractivity contribution is 0.242. The zero-order chi connectivity index (χ0) is 16.1. The van der Waals surface area contributed by atoms with Gasteiger partial charge in [-0.05, 0) is 56.7 Å². The maximum atomic E-state index is 12.0. The van der Waals surface area contributed by atoms with Gasteiger partial charge >= 0.3 is 6.03 Å². The van der Waals surface area contributed by atoms with Gasteiger partial charge in [0.05, 0.1) is 6.10 Å². The Hall–Kier alpha value is -2.69. The number of benzene rings is 2. The first-order valence-electron chi connectivity index (χ1n) is 7.08. The summed E-state index contributed by atoms with van der Waals surface area (Å²) < 4.78 is 5.58. The molecule has 3 N–H and O–H groups in total. The average Bonchev–Trinajstić information content (AvgIpc) is 2.42. The summed E-state index contributed by atoms with van der Waals surface area (Å²) in [5.41, 5.74) is 1.96. The van der Waals surface area contributed by atoms with Crippen molar-refractivity contribution in [1.29, 1.82) is 0 Å². The molecule has 0 spiro atoms. The average molecular weight is 300 g/mol. The van der Waals surface area contributed by atoms with Crippen LogP contribution in [-0.4, -0.2) is 17.2 Å². The lowest BCUT2D eigenvalue weighted by Gasteiger charge is -2.12. The number of aryl methyl sites for hydroxylation is 1. The Balaban J connectivity index is 2.01. The van der Waals surface area contributed by atoms with E-state index in [1.165, 1.54) is 0 Å². The van der Waals surface area contributed by atoms with Crippen molar-refractivity contribution >= 4 is 17.4 Å². The summed E-state index contributed by atoms with van der Waals surface area (Å²) in [6, 6.07) is 11.7. The third kappa shape index (κ3) is 4.41. The molecule has 5 nitrogen and oxygen atoms in total. The molecule has 2 rings (SSSR count). The van der Waals surface area contributed by atoms with Gasteiger partial charge in [-0.2, -0.15) is 0 Å². The van der Waals surface area contributed by atoms with Crippen molar-refractivity contribution < 1.29 is 14.6 Å². The number of phenols is 1. The van der Waals surface area contributed by atoms with Crippen molar-refractivity contribution in [3.63, 3.8) is 0 Å². The summed E-state index contributed by atoms with van der Waals surface area (Å²) >= 11 is 0. The van der Waals surface area contributed by atoms with Gasteiger partial charge in [-0.15, -0.1) is 0 Å². The number of hydrogen-bond donors (Lipinski definition) is 3. The summed E-state index contributed by atoms with van der Waals surface area (Å²) in [6.45, 7) is 5.66. The third-order valence-electron chi connectivity index (χ3n) is 2.92. The molecule has 5 heteroatoms. The first-order chi connectivity index (χ1) is 10.4. The van der Waals surface area contributed by atoms with Crippen LogP contribution in [0.1, 0.15) is 19.4 Å². The maximum Gasteiger partial charge on any atom is 0.323 e. The fraction of sp³-hybridized carbons (Fsp3) is 0.235. The number of carbonyl (C=O) groups excluding carboxylic acids is 1. The molecule has 2 aromatic carbocycles. The van der Waals surface area contributed by atoms with Gasteiger partial charge in [0.2, 0.25) is 0 Å². The van der Waals surface area contributed by atoms with Crippen LogP contribution in [0.25, 0.3) is 0 Å². The van der Waals surface area contributed by atoms with Crippen LogP contribution in [0.4, 0.5) is 16.2 Å². The van der Waals surface area contributed by atoms with Crippen molar-refractivity contribution in [1.82, 2.24) is 0 Å². The number of ether oxygens (including phenoxy) is 1. The second-order valence-electron chi connectivity index (χ2n) is 5.27. The van der Waals surface area contributed by atoms with E-state index in [0.29, 0.717) is 22.7 Å². The lowest BCUT2D eigenvalue weighted by atomic mass is 10.2. The molecule has 0 aliphatic heterocycles. The summed E-state index contributed by atoms with van der Waals surface area (Å²) in [6.07, 6.45) is 0.0732. The summed E-state index contributed by atoms with van der Waals surface area (Å²) in [7, 11) is 0. The van der Waals surface area contributed by atoms with E-state index in [1.54, 1.807) is 37.3 Å². The van der Waals surface area contributed by atoms with E-state index in [-0.39, 0.29) is 17.9 Å². The van der Waals surface area contributed by atoms with Crippen LogP contribution in [-0.2, 0) is 0 Å². The van der Waals surface area contributed by atoms with Crippen molar-refractivity contribution in [2.45, 2.75) is 26.9 Å². The van der Waals surface area contributed by atoms with E-state index in [0.717, 1.165) is 0 Å². The SMILES string of the molecule is Cc1cc(NC(=O)Nc2cccc(OC(C)C)c2)ccc1O. The number of carbonyl (C=O) groups is 1. The molecule has 0 atom stereocenters. The van der Waals surface area contributed by atoms with Crippen LogP contribution in [0.2, 0.25) is 0 Å². The van der Waals surface area contributed by atoms with Crippen LogP contribution in [0.5, 0.6) is 11.5 Å². The number of hydrogen-bond acceptors (Lipinski definition) is 3. The minimum Gasteiger partial charge on any atom is -0.508 e. The van der Waals surface area contributed by atoms with Crippen molar-refractivity contribution in [3.8, 4) is 11.5 Å². The number of nitrogens with one attached hydrogen (secondary N) is 2. The second-order valence-corrected chi connectivity index (χ2v) is 5.27. The Morgan fingerprint density at radius 3 is 2.41 bits per heavy atom. The van der Waals surface area contributed by atoms with Gasteiger partial charge in [-0.3, -0.25) is 0 Å². The number of urea groups is 1. The highest BCUT2D eigenvalue weighted by molar-refractivity contribution is 5.99. The Morgan fingerprint density at radius 1 is 1.09 bits per heavy atom. The van der Waals surface area contributed by atoms with E-state index in [1.807, 2.05) is 26.0 Å². The van der Waals surface area contributed by atoms with Gasteiger partial charge in [0.25, 0.3) is 0 Å². The normalized spacial score (nSPS) is 10.4. The molecule has 2 aromatic rings. The van der Waals surface area contributed by atoms with Gasteiger partial charge in [-0.1, -0.05) is 6.07 Å². The number of aromatic hydroxyl groups is 1. The Labute approximate surface area is 129 Å². The molecule has 0 fully saturated rings. The largest absolute Gasteiger partial charge is 0.508 e. The molecular formula is C17H20N2O3. The Bertz CT molecular complexity index is 669. The minimum atomic E-state index is -0.355. The zero-order valence-electron chi connectivity index (χ0n) is 12.9. The van der Waals surface area contributed by atoms with Gasteiger partial charge < -0.3 is 20.5 Å². The Kier molecular flexibility index (Phi) is 4.88. The fourth-order valence-corrected chi connectivity index (χ4v) is 1.95. The third-order valence-corrected chi connectivity index (χ3v) is 2.92. The van der Waals surface area contributed by atoms with Crippen LogP contribution in [0.15, 0.2) is 42.5 Å². The maximum absolute atomic E-state index is 12.0. The molecule has 0 heterocycles. The fourth-order valence-electron chi connectivity index (χ4n) is 1.95. The molecule has 0 saturated heterocycles. The highest BCUT2D eigenvalue weighted by Crippen LogP contribution is 2.21. The molecule has 116 valence electrons. The van der Waals surface area contributed by atoms with E-state index < -0.39 is 0 Å². The number of anilines is 2. The van der Waals surface area contributed by atoms with Crippen LogP contribution in [0, 0.1) is 6.92 Å². The van der Waals surface area contributed by atoms with Crippen molar-refractivity contribution in [2.24, 2.45) is 0 Å². The predicted molar refractivity (Wildman–Crippen MR) is 87.7 cm³/mol. The molecule has 0 unspecified atom stereocenters. The van der Waals surface area contributed by atoms with Gasteiger partial charge in [-0.25, -0.2) is 4.79 Å². The number of amides is 2. The first-order valence-corrected chi connectivity index (χ1v) is 7.08. The molecule has 0 aliphatic carbocycles. The van der Waals surface area contributed by atoms with Crippen LogP contribution >= 0.6 is 0 Å². The first kappa shape index (κ1) is 15.7. The highest BCUT2D eigenvalue weighted by Gasteiger charge is 2.06. The molecular weight excluding hydrogens is 280 g/mol. The smallest absolute Gasteiger partial charge is 0.323 e. The molecule has 22 heavy (non-hydrogen) atoms. The molecule has 0 radical (unpaired) electrons. The van der Waals surface area contributed by atoms with Crippen LogP contribution in [0.3, 0.4) is 0 Å². The van der Waals surface area contributed by atoms with Crippen molar-refractivity contribution in [2.75, 3.05) is 10.6 Å². The van der Waals surface area contributed by atoms with E-state index >= 15 is 0 Å². The highest BCUT2D eigenvalue weighted by atomic mass is 16.5. The molecule has 0 aliphatic rings. The molecule has 0 bridgehead atoms. The Morgan fingerprint density at radius 2 is 1.77 bits per heavy atom. The van der Waals surface area contributed by atoms with Gasteiger partial charge in [0, 0.05) is 17.4 Å². The summed E-state index contributed by atoms with van der Waals surface area (Å²) in [4.78, 5) is 12.0. The number of rotatable bonds is 4. The molecule has 0 saturated carbocycles. The topological polar surface area (TPSA) is 70.6 Å². The second kappa shape index (κ2) is 6.85. The standard InChI is InChI=1S/C17H20N2O3/c1-11(2)22-15-6-4-5-13(10-15)18-17(21)19-14-7-8-16(20)12(3)9-14/h4-11,20H,1-3H3,(H2,18,19,21). The summed E-state index contributed by atoms with van der Waals surface area (Å²) in [5, 5.41) is 14.9. The van der Waals surface area contributed by atoms with E-state index in [4.69, 9.17) is 4.74 Å². The van der Waals surface area contributed by atoms with Crippen molar-refractivity contribution in [3.05, 3.63) is 48.0 Å². The number of phenolic OH excluding ortho intramolecular Hbond substituents is 1. The zero-order valence-corrected chi connectivity index (χ0v) is 12.9. The molecule has 2 amide bonds. The van der Waals surface area contributed by atoms with E-state index in [9.17, 15) is 9.90 Å². The lowest BCUT2D eigenvalue weighted by Crippen LogP contribution is -2.19. The van der Waals surface area contributed by atoms with Gasteiger partial charge in [0.15, 0.2) is 0 Å². The summed E-state index contributed by atoms with van der Waals surface area (Å²) in [5.74, 6) is 0.901. The molecule has 0 aromatic heterocycles. The monoisotopic (exact) mass is 300 g/mol. The van der Waals surface area contributed by atoms with Gasteiger partial charge in [0.1, 0.15) is 11.5 Å².